The standard InChI is InChI=1S/C18H18F3NO2S/c19-15-6-4-13(5-7-15)14-3-1-2-10-22(12-14)25(23,24)18-9-8-16(20)11-17(18)21/h4-9,11,14H,1-3,10,12H2. The highest BCUT2D eigenvalue weighted by atomic mass is 32.2. The molecule has 2 aromatic rings. The van der Waals surface area contributed by atoms with E-state index in [-0.39, 0.29) is 24.8 Å². The second-order valence-electron chi connectivity index (χ2n) is 6.18. The summed E-state index contributed by atoms with van der Waals surface area (Å²) in [6.45, 7) is 0.460. The zero-order chi connectivity index (χ0) is 18.0. The summed E-state index contributed by atoms with van der Waals surface area (Å²) in [4.78, 5) is -0.520. The maximum atomic E-state index is 14.0. The van der Waals surface area contributed by atoms with Gasteiger partial charge in [-0.1, -0.05) is 18.6 Å². The normalized spacial score (nSPS) is 19.6. The van der Waals surface area contributed by atoms with E-state index >= 15 is 0 Å². The van der Waals surface area contributed by atoms with Gasteiger partial charge in [0, 0.05) is 19.2 Å². The first-order chi connectivity index (χ1) is 11.9. The minimum atomic E-state index is -4.06. The van der Waals surface area contributed by atoms with Gasteiger partial charge in [0.05, 0.1) is 0 Å². The molecular formula is C18H18F3NO2S. The Balaban J connectivity index is 1.90. The van der Waals surface area contributed by atoms with Crippen molar-refractivity contribution < 1.29 is 21.6 Å². The molecule has 0 bridgehead atoms. The van der Waals surface area contributed by atoms with E-state index in [9.17, 15) is 21.6 Å². The van der Waals surface area contributed by atoms with Gasteiger partial charge in [0.15, 0.2) is 0 Å². The molecule has 3 rings (SSSR count). The first-order valence-electron chi connectivity index (χ1n) is 8.08. The average molecular weight is 369 g/mol. The Morgan fingerprint density at radius 2 is 1.60 bits per heavy atom. The summed E-state index contributed by atoms with van der Waals surface area (Å²) in [6.07, 6.45) is 2.24. The summed E-state index contributed by atoms with van der Waals surface area (Å²) >= 11 is 0. The van der Waals surface area contributed by atoms with Gasteiger partial charge >= 0.3 is 0 Å². The van der Waals surface area contributed by atoms with E-state index in [0.29, 0.717) is 12.5 Å². The van der Waals surface area contributed by atoms with Gasteiger partial charge in [-0.3, -0.25) is 0 Å². The Hall–Kier alpha value is -1.86. The predicted octanol–water partition coefficient (Wildman–Crippen LogP) is 4.06. The molecule has 0 amide bonds. The van der Waals surface area contributed by atoms with E-state index in [0.717, 1.165) is 30.5 Å². The molecule has 1 fully saturated rings. The van der Waals surface area contributed by atoms with E-state index in [1.54, 1.807) is 12.1 Å². The van der Waals surface area contributed by atoms with Crippen LogP contribution in [0.1, 0.15) is 30.7 Å². The van der Waals surface area contributed by atoms with Crippen LogP contribution in [0, 0.1) is 17.5 Å². The molecule has 1 saturated heterocycles. The maximum Gasteiger partial charge on any atom is 0.246 e. The largest absolute Gasteiger partial charge is 0.246 e. The van der Waals surface area contributed by atoms with Crippen molar-refractivity contribution >= 4 is 10.0 Å². The molecule has 0 N–H and O–H groups in total. The highest BCUT2D eigenvalue weighted by Crippen LogP contribution is 2.30. The maximum absolute atomic E-state index is 14.0. The van der Waals surface area contributed by atoms with Gasteiger partial charge < -0.3 is 0 Å². The summed E-state index contributed by atoms with van der Waals surface area (Å²) in [5.41, 5.74) is 0.850. The molecule has 0 aliphatic carbocycles. The molecule has 0 saturated carbocycles. The van der Waals surface area contributed by atoms with Crippen LogP contribution in [0.3, 0.4) is 0 Å². The smallest absolute Gasteiger partial charge is 0.207 e. The van der Waals surface area contributed by atoms with Crippen molar-refractivity contribution in [3.8, 4) is 0 Å². The van der Waals surface area contributed by atoms with Gasteiger partial charge in [0.2, 0.25) is 10.0 Å². The Morgan fingerprint density at radius 3 is 2.28 bits per heavy atom. The summed E-state index contributed by atoms with van der Waals surface area (Å²) in [5.74, 6) is -2.37. The molecule has 3 nitrogen and oxygen atoms in total. The lowest BCUT2D eigenvalue weighted by molar-refractivity contribution is 0.402. The number of hydrogen-bond donors (Lipinski definition) is 0. The highest BCUT2D eigenvalue weighted by Gasteiger charge is 2.31. The quantitative estimate of drug-likeness (QED) is 0.818. The lowest BCUT2D eigenvalue weighted by atomic mass is 9.95. The Kier molecular flexibility index (Phi) is 5.15. The molecule has 1 heterocycles. The lowest BCUT2D eigenvalue weighted by Crippen LogP contribution is -2.34. The molecule has 0 aromatic heterocycles. The molecule has 7 heteroatoms. The molecule has 0 spiro atoms. The van der Waals surface area contributed by atoms with E-state index in [1.165, 1.54) is 16.4 Å². The number of hydrogen-bond acceptors (Lipinski definition) is 2. The fourth-order valence-electron chi connectivity index (χ4n) is 3.16. The van der Waals surface area contributed by atoms with Crippen molar-refractivity contribution in [1.29, 1.82) is 0 Å². The second kappa shape index (κ2) is 7.17. The first-order valence-corrected chi connectivity index (χ1v) is 9.52. The van der Waals surface area contributed by atoms with Crippen molar-refractivity contribution in [3.05, 3.63) is 65.5 Å². The number of nitrogens with zero attached hydrogens (tertiary/aromatic N) is 1. The van der Waals surface area contributed by atoms with Crippen LogP contribution < -0.4 is 0 Å². The molecule has 1 atom stereocenters. The minimum absolute atomic E-state index is 0.0959. The van der Waals surface area contributed by atoms with E-state index in [4.69, 9.17) is 0 Å². The third-order valence-electron chi connectivity index (χ3n) is 4.49. The van der Waals surface area contributed by atoms with Gasteiger partial charge in [-0.15, -0.1) is 0 Å². The number of halogens is 3. The predicted molar refractivity (Wildman–Crippen MR) is 88.1 cm³/mol. The molecule has 1 aliphatic rings. The SMILES string of the molecule is O=S(=O)(c1ccc(F)cc1F)N1CCCCC(c2ccc(F)cc2)C1. The summed E-state index contributed by atoms with van der Waals surface area (Å²) in [6, 6.07) is 8.45. The molecule has 134 valence electrons. The second-order valence-corrected chi connectivity index (χ2v) is 8.09. The zero-order valence-electron chi connectivity index (χ0n) is 13.5. The number of sulfonamides is 1. The van der Waals surface area contributed by atoms with Crippen molar-refractivity contribution in [2.24, 2.45) is 0 Å². The minimum Gasteiger partial charge on any atom is -0.207 e. The van der Waals surface area contributed by atoms with Crippen molar-refractivity contribution in [2.75, 3.05) is 13.1 Å². The molecule has 25 heavy (non-hydrogen) atoms. The van der Waals surface area contributed by atoms with Gasteiger partial charge in [-0.05, 0) is 48.6 Å². The fourth-order valence-corrected chi connectivity index (χ4v) is 4.73. The van der Waals surface area contributed by atoms with E-state index in [1.807, 2.05) is 0 Å². The third kappa shape index (κ3) is 3.88. The zero-order valence-corrected chi connectivity index (χ0v) is 14.3. The Bertz CT molecular complexity index is 853. The topological polar surface area (TPSA) is 37.4 Å². The van der Waals surface area contributed by atoms with Crippen LogP contribution in [0.2, 0.25) is 0 Å². The summed E-state index contributed by atoms with van der Waals surface area (Å²) < 4.78 is 67.0. The van der Waals surface area contributed by atoms with Crippen molar-refractivity contribution in [3.63, 3.8) is 0 Å². The fraction of sp³-hybridized carbons (Fsp3) is 0.333. The highest BCUT2D eigenvalue weighted by molar-refractivity contribution is 7.89. The molecule has 0 radical (unpaired) electrons. The van der Waals surface area contributed by atoms with Gasteiger partial charge in [-0.25, -0.2) is 21.6 Å². The first kappa shape index (κ1) is 17.9. The van der Waals surface area contributed by atoms with E-state index in [2.05, 4.69) is 0 Å². The Labute approximate surface area is 145 Å². The van der Waals surface area contributed by atoms with Gasteiger partial charge in [0.1, 0.15) is 22.3 Å². The van der Waals surface area contributed by atoms with Crippen LogP contribution >= 0.6 is 0 Å². The molecule has 2 aromatic carbocycles. The lowest BCUT2D eigenvalue weighted by Gasteiger charge is -2.24. The van der Waals surface area contributed by atoms with Gasteiger partial charge in [0.25, 0.3) is 0 Å². The van der Waals surface area contributed by atoms with Crippen LogP contribution in [0.4, 0.5) is 13.2 Å². The third-order valence-corrected chi connectivity index (χ3v) is 6.39. The monoisotopic (exact) mass is 369 g/mol. The number of benzene rings is 2. The average Bonchev–Trinajstić information content (AvgIpc) is 2.82. The van der Waals surface area contributed by atoms with Crippen LogP contribution in [0.25, 0.3) is 0 Å². The van der Waals surface area contributed by atoms with Crippen molar-refractivity contribution in [1.82, 2.24) is 4.31 Å². The Morgan fingerprint density at radius 1 is 0.920 bits per heavy atom. The number of rotatable bonds is 3. The summed E-state index contributed by atoms with van der Waals surface area (Å²) in [7, 11) is -4.06. The van der Waals surface area contributed by atoms with E-state index < -0.39 is 26.6 Å². The van der Waals surface area contributed by atoms with Crippen LogP contribution in [0.5, 0.6) is 0 Å². The molecular weight excluding hydrogens is 351 g/mol. The van der Waals surface area contributed by atoms with Crippen LogP contribution in [0.15, 0.2) is 47.4 Å². The van der Waals surface area contributed by atoms with Crippen LogP contribution in [-0.2, 0) is 10.0 Å². The molecule has 1 aliphatic heterocycles. The molecule has 1 unspecified atom stereocenters. The van der Waals surface area contributed by atoms with Gasteiger partial charge in [-0.2, -0.15) is 4.31 Å². The van der Waals surface area contributed by atoms with Crippen LogP contribution in [-0.4, -0.2) is 25.8 Å². The van der Waals surface area contributed by atoms with Crippen molar-refractivity contribution in [2.45, 2.75) is 30.1 Å². The summed E-state index contributed by atoms with van der Waals surface area (Å²) in [5, 5.41) is 0.